The zero-order chi connectivity index (χ0) is 13.0. The van der Waals surface area contributed by atoms with Crippen molar-refractivity contribution in [1.82, 2.24) is 5.16 Å². The lowest BCUT2D eigenvalue weighted by Gasteiger charge is -2.11. The van der Waals surface area contributed by atoms with Gasteiger partial charge in [0.2, 0.25) is 0 Å². The van der Waals surface area contributed by atoms with Crippen LogP contribution in [0.2, 0.25) is 0 Å². The summed E-state index contributed by atoms with van der Waals surface area (Å²) in [6.45, 7) is 2.78. The molecule has 1 atom stereocenters. The summed E-state index contributed by atoms with van der Waals surface area (Å²) in [6.07, 6.45) is 1.63. The van der Waals surface area contributed by atoms with Gasteiger partial charge in [-0.25, -0.2) is 0 Å². The molecule has 0 aliphatic heterocycles. The van der Waals surface area contributed by atoms with Crippen LogP contribution in [0, 0.1) is 6.92 Å². The SMILES string of the molecule is Cc1cc(NC(=O)C[NH+](C)Cc2ccco2)no1. The fourth-order valence-corrected chi connectivity index (χ4v) is 1.66. The van der Waals surface area contributed by atoms with Crippen LogP contribution in [-0.2, 0) is 11.3 Å². The lowest BCUT2D eigenvalue weighted by Crippen LogP contribution is -3.08. The first-order valence-electron chi connectivity index (χ1n) is 5.70. The van der Waals surface area contributed by atoms with Crippen LogP contribution in [0.3, 0.4) is 0 Å². The molecule has 0 aromatic carbocycles. The highest BCUT2D eigenvalue weighted by Crippen LogP contribution is 2.06. The number of anilines is 1. The summed E-state index contributed by atoms with van der Waals surface area (Å²) in [5.41, 5.74) is 0. The van der Waals surface area contributed by atoms with E-state index in [9.17, 15) is 4.79 Å². The second-order valence-corrected chi connectivity index (χ2v) is 4.26. The van der Waals surface area contributed by atoms with E-state index >= 15 is 0 Å². The Balaban J connectivity index is 1.80. The molecule has 0 fully saturated rings. The summed E-state index contributed by atoms with van der Waals surface area (Å²) < 4.78 is 10.1. The fraction of sp³-hybridized carbons (Fsp3) is 0.333. The quantitative estimate of drug-likeness (QED) is 0.796. The third-order valence-corrected chi connectivity index (χ3v) is 2.41. The van der Waals surface area contributed by atoms with E-state index in [-0.39, 0.29) is 5.91 Å². The van der Waals surface area contributed by atoms with Crippen molar-refractivity contribution in [2.24, 2.45) is 0 Å². The van der Waals surface area contributed by atoms with Gasteiger partial charge in [0.15, 0.2) is 18.1 Å². The second kappa shape index (κ2) is 5.50. The molecule has 0 radical (unpaired) electrons. The van der Waals surface area contributed by atoms with Crippen molar-refractivity contribution in [2.75, 3.05) is 18.9 Å². The van der Waals surface area contributed by atoms with E-state index < -0.39 is 0 Å². The molecule has 1 amide bonds. The van der Waals surface area contributed by atoms with E-state index in [2.05, 4.69) is 10.5 Å². The molecular weight excluding hydrogens is 234 g/mol. The van der Waals surface area contributed by atoms with Gasteiger partial charge < -0.3 is 19.2 Å². The maximum atomic E-state index is 11.7. The number of nitrogens with one attached hydrogen (secondary N) is 2. The average Bonchev–Trinajstić information content (AvgIpc) is 2.90. The van der Waals surface area contributed by atoms with Crippen molar-refractivity contribution in [1.29, 1.82) is 0 Å². The van der Waals surface area contributed by atoms with Gasteiger partial charge in [0.05, 0.1) is 13.3 Å². The van der Waals surface area contributed by atoms with Crippen LogP contribution in [0.4, 0.5) is 5.82 Å². The highest BCUT2D eigenvalue weighted by atomic mass is 16.5. The summed E-state index contributed by atoms with van der Waals surface area (Å²) in [7, 11) is 1.93. The zero-order valence-electron chi connectivity index (χ0n) is 10.4. The summed E-state index contributed by atoms with van der Waals surface area (Å²) in [5, 5.41) is 6.38. The standard InChI is InChI=1S/C12H15N3O3/c1-9-6-11(14-18-9)13-12(16)8-15(2)7-10-4-3-5-17-10/h3-6H,7-8H2,1-2H3,(H,13,14,16)/p+1. The van der Waals surface area contributed by atoms with E-state index in [0.29, 0.717) is 24.7 Å². The lowest BCUT2D eigenvalue weighted by molar-refractivity contribution is -0.886. The number of aryl methyl sites for hydroxylation is 1. The van der Waals surface area contributed by atoms with Crippen molar-refractivity contribution in [3.05, 3.63) is 36.0 Å². The van der Waals surface area contributed by atoms with Gasteiger partial charge in [-0.3, -0.25) is 4.79 Å². The number of hydrogen-bond acceptors (Lipinski definition) is 4. The average molecular weight is 250 g/mol. The molecular formula is C12H16N3O3+. The van der Waals surface area contributed by atoms with E-state index in [1.165, 1.54) is 0 Å². The van der Waals surface area contributed by atoms with E-state index in [1.807, 2.05) is 19.2 Å². The Labute approximate surface area is 105 Å². The second-order valence-electron chi connectivity index (χ2n) is 4.26. The minimum atomic E-state index is -0.104. The van der Waals surface area contributed by atoms with Crippen molar-refractivity contribution in [3.63, 3.8) is 0 Å². The van der Waals surface area contributed by atoms with Crippen LogP contribution < -0.4 is 10.2 Å². The maximum Gasteiger partial charge on any atom is 0.280 e. The van der Waals surface area contributed by atoms with Gasteiger partial charge in [-0.15, -0.1) is 0 Å². The number of carbonyl (C=O) groups is 1. The molecule has 6 nitrogen and oxygen atoms in total. The topological polar surface area (TPSA) is 72.7 Å². The number of quaternary nitrogens is 1. The number of nitrogens with zero attached hydrogens (tertiary/aromatic N) is 1. The molecule has 0 aliphatic rings. The summed E-state index contributed by atoms with van der Waals surface area (Å²) in [5.74, 6) is 1.87. The Morgan fingerprint density at radius 2 is 2.39 bits per heavy atom. The first-order valence-corrected chi connectivity index (χ1v) is 5.70. The monoisotopic (exact) mass is 250 g/mol. The molecule has 0 saturated heterocycles. The highest BCUT2D eigenvalue weighted by Gasteiger charge is 2.13. The minimum Gasteiger partial charge on any atom is -0.463 e. The molecule has 2 N–H and O–H groups in total. The van der Waals surface area contributed by atoms with Crippen molar-refractivity contribution in [3.8, 4) is 0 Å². The Morgan fingerprint density at radius 1 is 1.56 bits per heavy atom. The first kappa shape index (κ1) is 12.4. The molecule has 0 aliphatic carbocycles. The first-order chi connectivity index (χ1) is 8.63. The zero-order valence-corrected chi connectivity index (χ0v) is 10.4. The summed E-state index contributed by atoms with van der Waals surface area (Å²) in [4.78, 5) is 12.7. The van der Waals surface area contributed by atoms with Crippen molar-refractivity contribution in [2.45, 2.75) is 13.5 Å². The molecule has 1 unspecified atom stereocenters. The van der Waals surface area contributed by atoms with Crippen LogP contribution in [0.15, 0.2) is 33.4 Å². The van der Waals surface area contributed by atoms with Crippen LogP contribution >= 0.6 is 0 Å². The molecule has 18 heavy (non-hydrogen) atoms. The third kappa shape index (κ3) is 3.46. The van der Waals surface area contributed by atoms with Gasteiger partial charge in [0, 0.05) is 6.07 Å². The number of amides is 1. The lowest BCUT2D eigenvalue weighted by atomic mass is 10.4. The van der Waals surface area contributed by atoms with Crippen LogP contribution in [0.5, 0.6) is 0 Å². The van der Waals surface area contributed by atoms with Gasteiger partial charge >= 0.3 is 0 Å². The number of hydrogen-bond donors (Lipinski definition) is 2. The Kier molecular flexibility index (Phi) is 3.78. The molecule has 0 spiro atoms. The minimum absolute atomic E-state index is 0.104. The number of furan rings is 1. The molecule has 2 rings (SSSR count). The van der Waals surface area contributed by atoms with E-state index in [1.54, 1.807) is 19.3 Å². The van der Waals surface area contributed by atoms with Crippen molar-refractivity contribution >= 4 is 11.7 Å². The molecule has 6 heteroatoms. The summed E-state index contributed by atoms with van der Waals surface area (Å²) in [6, 6.07) is 5.41. The largest absolute Gasteiger partial charge is 0.463 e. The number of aromatic nitrogens is 1. The Hall–Kier alpha value is -2.08. The maximum absolute atomic E-state index is 11.7. The van der Waals surface area contributed by atoms with Gasteiger partial charge in [-0.1, -0.05) is 5.16 Å². The Morgan fingerprint density at radius 3 is 3.00 bits per heavy atom. The van der Waals surface area contributed by atoms with Crippen LogP contribution in [0.1, 0.15) is 11.5 Å². The molecule has 96 valence electrons. The fourth-order valence-electron chi connectivity index (χ4n) is 1.66. The highest BCUT2D eigenvalue weighted by molar-refractivity contribution is 5.90. The predicted molar refractivity (Wildman–Crippen MR) is 64.0 cm³/mol. The molecule has 2 aromatic rings. The van der Waals surface area contributed by atoms with E-state index in [0.717, 1.165) is 10.7 Å². The number of rotatable bonds is 5. The van der Waals surface area contributed by atoms with Gasteiger partial charge in [-0.05, 0) is 19.1 Å². The smallest absolute Gasteiger partial charge is 0.280 e. The Bertz CT molecular complexity index is 504. The predicted octanol–water partition coefficient (Wildman–Crippen LogP) is 0.229. The third-order valence-electron chi connectivity index (χ3n) is 2.41. The van der Waals surface area contributed by atoms with Gasteiger partial charge in [-0.2, -0.15) is 0 Å². The van der Waals surface area contributed by atoms with E-state index in [4.69, 9.17) is 8.94 Å². The molecule has 2 heterocycles. The van der Waals surface area contributed by atoms with Crippen LogP contribution in [-0.4, -0.2) is 24.7 Å². The van der Waals surface area contributed by atoms with Gasteiger partial charge in [0.25, 0.3) is 5.91 Å². The summed E-state index contributed by atoms with van der Waals surface area (Å²) >= 11 is 0. The number of carbonyl (C=O) groups excluding carboxylic acids is 1. The molecule has 0 saturated carbocycles. The molecule has 0 bridgehead atoms. The van der Waals surface area contributed by atoms with Gasteiger partial charge in [0.1, 0.15) is 12.3 Å². The van der Waals surface area contributed by atoms with Crippen molar-refractivity contribution < 1.29 is 18.6 Å². The normalized spacial score (nSPS) is 12.3. The van der Waals surface area contributed by atoms with Crippen LogP contribution in [0.25, 0.3) is 0 Å². The number of likely N-dealkylation sites (N-methyl/N-ethyl adjacent to an activating group) is 1. The molecule has 2 aromatic heterocycles.